The molecule has 0 fully saturated rings. The van der Waals surface area contributed by atoms with Crippen molar-refractivity contribution in [3.63, 3.8) is 0 Å². The smallest absolute Gasteiger partial charge is 0.255 e. The van der Waals surface area contributed by atoms with Gasteiger partial charge in [-0.15, -0.1) is 0 Å². The molecule has 2 N–H and O–H groups in total. The van der Waals surface area contributed by atoms with Gasteiger partial charge in [-0.1, -0.05) is 46.3 Å². The maximum atomic E-state index is 13.8. The molecule has 1 aliphatic rings. The summed E-state index contributed by atoms with van der Waals surface area (Å²) in [5, 5.41) is 10.7. The summed E-state index contributed by atoms with van der Waals surface area (Å²) >= 11 is 3.50. The number of amides is 1. The minimum absolute atomic E-state index is 0.281. The standard InChI is InChI=1S/C30H30BrN5O4/c1-4-38-24-12-7-6-11-23(24)35-29(37)27-19(3)34-30-32-18-33-36(30)28(27)21-13-14-25(26(16-21)39-5-2)40-17-20-9-8-10-22(31)15-20/h6-16,18,28H,4-5,17H2,1-3H3,(H,35,37)(H,32,33,34). The number of hydrogen-bond acceptors (Lipinski definition) is 7. The van der Waals surface area contributed by atoms with Gasteiger partial charge in [0.25, 0.3) is 5.91 Å². The van der Waals surface area contributed by atoms with Crippen LogP contribution < -0.4 is 24.8 Å². The van der Waals surface area contributed by atoms with Crippen LogP contribution in [0.1, 0.15) is 37.9 Å². The minimum Gasteiger partial charge on any atom is -0.492 e. The molecule has 0 spiro atoms. The Bertz CT molecular complexity index is 1550. The number of carbonyl (C=O) groups excluding carboxylic acids is 1. The molecule has 0 saturated heterocycles. The van der Waals surface area contributed by atoms with E-state index in [-0.39, 0.29) is 5.91 Å². The fourth-order valence-electron chi connectivity index (χ4n) is 4.60. The number of hydrogen-bond donors (Lipinski definition) is 2. The molecule has 1 atom stereocenters. The first-order valence-electron chi connectivity index (χ1n) is 13.0. The third-order valence-electron chi connectivity index (χ3n) is 6.34. The van der Waals surface area contributed by atoms with Crippen LogP contribution in [0.2, 0.25) is 0 Å². The van der Waals surface area contributed by atoms with E-state index in [9.17, 15) is 4.79 Å². The van der Waals surface area contributed by atoms with Crippen LogP contribution in [-0.4, -0.2) is 33.9 Å². The van der Waals surface area contributed by atoms with E-state index in [2.05, 4.69) is 36.6 Å². The van der Waals surface area contributed by atoms with E-state index in [1.54, 1.807) is 4.68 Å². The fourth-order valence-corrected chi connectivity index (χ4v) is 5.05. The Morgan fingerprint density at radius 1 is 0.975 bits per heavy atom. The summed E-state index contributed by atoms with van der Waals surface area (Å²) in [6, 6.07) is 20.5. The number of carbonyl (C=O) groups is 1. The van der Waals surface area contributed by atoms with Gasteiger partial charge in [0.2, 0.25) is 5.95 Å². The summed E-state index contributed by atoms with van der Waals surface area (Å²) in [6.07, 6.45) is 1.47. The lowest BCUT2D eigenvalue weighted by Crippen LogP contribution is -2.31. The van der Waals surface area contributed by atoms with Gasteiger partial charge in [-0.05, 0) is 68.3 Å². The molecular formula is C30H30BrN5O4. The molecule has 0 bridgehead atoms. The van der Waals surface area contributed by atoms with E-state index in [4.69, 9.17) is 14.2 Å². The Kier molecular flexibility index (Phi) is 8.35. The van der Waals surface area contributed by atoms with E-state index < -0.39 is 6.04 Å². The maximum absolute atomic E-state index is 13.8. The van der Waals surface area contributed by atoms with Crippen molar-refractivity contribution in [1.82, 2.24) is 14.8 Å². The first kappa shape index (κ1) is 27.3. The quantitative estimate of drug-likeness (QED) is 0.218. The lowest BCUT2D eigenvalue weighted by molar-refractivity contribution is -0.113. The van der Waals surface area contributed by atoms with Gasteiger partial charge in [0.05, 0.1) is 24.5 Å². The lowest BCUT2D eigenvalue weighted by atomic mass is 9.94. The zero-order valence-corrected chi connectivity index (χ0v) is 24.1. The molecule has 5 rings (SSSR count). The summed E-state index contributed by atoms with van der Waals surface area (Å²) in [5.41, 5.74) is 3.58. The Hall–Kier alpha value is -4.31. The SMILES string of the molecule is CCOc1ccccc1NC(=O)C1=C(C)Nc2ncnn2C1c1ccc(OCc2cccc(Br)c2)c(OCC)c1. The number of fused-ring (bicyclic) bond motifs is 1. The Labute approximate surface area is 241 Å². The second-order valence-corrected chi connectivity index (χ2v) is 9.95. The number of halogens is 1. The van der Waals surface area contributed by atoms with Gasteiger partial charge < -0.3 is 24.8 Å². The molecule has 1 aromatic heterocycles. The number of nitrogens with one attached hydrogen (secondary N) is 2. The van der Waals surface area contributed by atoms with Crippen molar-refractivity contribution in [3.05, 3.63) is 99.9 Å². The molecule has 3 aromatic carbocycles. The van der Waals surface area contributed by atoms with Crippen molar-refractivity contribution in [3.8, 4) is 17.2 Å². The number of benzene rings is 3. The second-order valence-electron chi connectivity index (χ2n) is 9.04. The molecule has 0 saturated carbocycles. The van der Waals surface area contributed by atoms with Crippen molar-refractivity contribution in [1.29, 1.82) is 0 Å². The highest BCUT2D eigenvalue weighted by Gasteiger charge is 2.34. The third kappa shape index (κ3) is 5.81. The minimum atomic E-state index is -0.559. The molecule has 1 unspecified atom stereocenters. The highest BCUT2D eigenvalue weighted by molar-refractivity contribution is 9.10. The fraction of sp³-hybridized carbons (Fsp3) is 0.233. The lowest BCUT2D eigenvalue weighted by Gasteiger charge is -2.29. The molecule has 4 aromatic rings. The second kappa shape index (κ2) is 12.3. The maximum Gasteiger partial charge on any atom is 0.255 e. The highest BCUT2D eigenvalue weighted by Crippen LogP contribution is 2.39. The summed E-state index contributed by atoms with van der Waals surface area (Å²) in [6.45, 7) is 6.99. The van der Waals surface area contributed by atoms with Crippen LogP contribution >= 0.6 is 15.9 Å². The molecule has 0 radical (unpaired) electrons. The average molecular weight is 605 g/mol. The van der Waals surface area contributed by atoms with E-state index in [1.807, 2.05) is 87.5 Å². The van der Waals surface area contributed by atoms with Crippen molar-refractivity contribution in [2.24, 2.45) is 0 Å². The predicted octanol–water partition coefficient (Wildman–Crippen LogP) is 6.34. The van der Waals surface area contributed by atoms with E-state index >= 15 is 0 Å². The zero-order chi connectivity index (χ0) is 28.1. The normalized spacial score (nSPS) is 14.2. The number of allylic oxidation sites excluding steroid dienone is 1. The van der Waals surface area contributed by atoms with Gasteiger partial charge in [-0.25, -0.2) is 4.68 Å². The van der Waals surface area contributed by atoms with Crippen LogP contribution in [0.15, 0.2) is 88.8 Å². The molecule has 2 heterocycles. The van der Waals surface area contributed by atoms with Crippen molar-refractivity contribution in [2.75, 3.05) is 23.8 Å². The Morgan fingerprint density at radius 2 is 1.77 bits per heavy atom. The van der Waals surface area contributed by atoms with Crippen LogP contribution in [-0.2, 0) is 11.4 Å². The van der Waals surface area contributed by atoms with Crippen LogP contribution in [0.25, 0.3) is 0 Å². The molecule has 10 heteroatoms. The molecule has 1 amide bonds. The topological polar surface area (TPSA) is 99.5 Å². The third-order valence-corrected chi connectivity index (χ3v) is 6.83. The molecule has 9 nitrogen and oxygen atoms in total. The monoisotopic (exact) mass is 603 g/mol. The van der Waals surface area contributed by atoms with Gasteiger partial charge in [-0.2, -0.15) is 10.1 Å². The zero-order valence-electron chi connectivity index (χ0n) is 22.5. The van der Waals surface area contributed by atoms with Gasteiger partial charge in [-0.3, -0.25) is 4.79 Å². The predicted molar refractivity (Wildman–Crippen MR) is 157 cm³/mol. The van der Waals surface area contributed by atoms with E-state index in [0.717, 1.165) is 15.6 Å². The van der Waals surface area contributed by atoms with Gasteiger partial charge >= 0.3 is 0 Å². The Morgan fingerprint density at radius 3 is 2.58 bits per heavy atom. The number of para-hydroxylation sites is 2. The Balaban J connectivity index is 1.49. The number of nitrogens with zero attached hydrogens (tertiary/aromatic N) is 3. The van der Waals surface area contributed by atoms with Crippen molar-refractivity contribution in [2.45, 2.75) is 33.4 Å². The van der Waals surface area contributed by atoms with Gasteiger partial charge in [0, 0.05) is 10.2 Å². The van der Waals surface area contributed by atoms with E-state index in [1.165, 1.54) is 6.33 Å². The van der Waals surface area contributed by atoms with Crippen LogP contribution in [0.5, 0.6) is 17.2 Å². The van der Waals surface area contributed by atoms with Crippen LogP contribution in [0, 0.1) is 0 Å². The molecule has 206 valence electrons. The average Bonchev–Trinajstić information content (AvgIpc) is 3.41. The number of aromatic nitrogens is 3. The molecule has 1 aliphatic heterocycles. The van der Waals surface area contributed by atoms with Crippen LogP contribution in [0.3, 0.4) is 0 Å². The molecule has 0 aliphatic carbocycles. The number of rotatable bonds is 10. The van der Waals surface area contributed by atoms with E-state index in [0.29, 0.717) is 60.0 Å². The summed E-state index contributed by atoms with van der Waals surface area (Å²) < 4.78 is 20.5. The molecular weight excluding hydrogens is 574 g/mol. The number of ether oxygens (including phenoxy) is 3. The summed E-state index contributed by atoms with van der Waals surface area (Å²) in [5.74, 6) is 2.05. The van der Waals surface area contributed by atoms with Gasteiger partial charge in [0.1, 0.15) is 24.7 Å². The first-order chi connectivity index (χ1) is 19.5. The molecule has 40 heavy (non-hydrogen) atoms. The van der Waals surface area contributed by atoms with Gasteiger partial charge in [0.15, 0.2) is 11.5 Å². The summed E-state index contributed by atoms with van der Waals surface area (Å²) in [4.78, 5) is 18.2. The largest absolute Gasteiger partial charge is 0.492 e. The number of anilines is 2. The summed E-state index contributed by atoms with van der Waals surface area (Å²) in [7, 11) is 0. The van der Waals surface area contributed by atoms with Crippen molar-refractivity contribution >= 4 is 33.5 Å². The highest BCUT2D eigenvalue weighted by atomic mass is 79.9. The van der Waals surface area contributed by atoms with Crippen LogP contribution in [0.4, 0.5) is 11.6 Å². The first-order valence-corrected chi connectivity index (χ1v) is 13.8. The van der Waals surface area contributed by atoms with Crippen molar-refractivity contribution < 1.29 is 19.0 Å².